The lowest BCUT2D eigenvalue weighted by molar-refractivity contribution is 0.0898. The lowest BCUT2D eigenvalue weighted by atomic mass is 10.0. The zero-order valence-corrected chi connectivity index (χ0v) is 11.4. The molecular formula is C16H19N3O. The monoisotopic (exact) mass is 269 g/mol. The molecule has 1 aromatic heterocycles. The van der Waals surface area contributed by atoms with Crippen LogP contribution in [0.3, 0.4) is 0 Å². The molecule has 4 heteroatoms. The van der Waals surface area contributed by atoms with E-state index in [1.807, 2.05) is 24.3 Å². The number of nitrogen functional groups attached to an aromatic ring is 1. The second kappa shape index (κ2) is 4.63. The highest BCUT2D eigenvalue weighted by molar-refractivity contribution is 5.96. The van der Waals surface area contributed by atoms with Crippen LogP contribution in [0, 0.1) is 5.92 Å². The molecule has 104 valence electrons. The van der Waals surface area contributed by atoms with E-state index in [-0.39, 0.29) is 0 Å². The Balaban J connectivity index is 1.63. The van der Waals surface area contributed by atoms with Gasteiger partial charge in [-0.25, -0.2) is 0 Å². The molecule has 20 heavy (non-hydrogen) atoms. The number of anilines is 2. The molecule has 0 radical (unpaired) electrons. The fourth-order valence-corrected chi connectivity index (χ4v) is 3.16. The fourth-order valence-electron chi connectivity index (χ4n) is 3.16. The van der Waals surface area contributed by atoms with Crippen molar-refractivity contribution in [2.24, 2.45) is 5.92 Å². The molecule has 2 aromatic rings. The number of fused-ring (bicyclic) bond motifs is 1. The maximum Gasteiger partial charge on any atom is 0.0804 e. The van der Waals surface area contributed by atoms with Crippen LogP contribution in [0.15, 0.2) is 30.5 Å². The van der Waals surface area contributed by atoms with Crippen molar-refractivity contribution in [1.29, 1.82) is 0 Å². The number of nitrogens with two attached hydrogens (primary N) is 1. The van der Waals surface area contributed by atoms with Gasteiger partial charge in [0.15, 0.2) is 0 Å². The third-order valence-electron chi connectivity index (χ3n) is 4.39. The minimum absolute atomic E-state index is 0.360. The van der Waals surface area contributed by atoms with Gasteiger partial charge in [0.05, 0.1) is 29.0 Å². The zero-order valence-electron chi connectivity index (χ0n) is 11.4. The summed E-state index contributed by atoms with van der Waals surface area (Å²) in [5, 5.41) is 4.61. The van der Waals surface area contributed by atoms with Gasteiger partial charge in [0.1, 0.15) is 0 Å². The fraction of sp³-hybridized carbons (Fsp3) is 0.438. The largest absolute Gasteiger partial charge is 0.397 e. The van der Waals surface area contributed by atoms with E-state index in [1.54, 1.807) is 6.20 Å². The molecule has 1 aliphatic carbocycles. The Labute approximate surface area is 118 Å². The van der Waals surface area contributed by atoms with Gasteiger partial charge in [-0.1, -0.05) is 0 Å². The van der Waals surface area contributed by atoms with Crippen LogP contribution in [0.4, 0.5) is 11.4 Å². The first kappa shape index (κ1) is 12.0. The standard InChI is InChI=1S/C16H19N3O/c17-15-11-2-1-8-18-12(11)5-6-13(15)19-14-7-9-20-16(14)10-3-4-10/h1-2,5-6,8,10,14,16,19H,3-4,7,9,17H2. The van der Waals surface area contributed by atoms with Gasteiger partial charge in [0.25, 0.3) is 0 Å². The molecule has 1 aromatic carbocycles. The summed E-state index contributed by atoms with van der Waals surface area (Å²) in [5.41, 5.74) is 9.03. The molecule has 0 bridgehead atoms. The van der Waals surface area contributed by atoms with Gasteiger partial charge < -0.3 is 15.8 Å². The maximum absolute atomic E-state index is 6.29. The minimum Gasteiger partial charge on any atom is -0.397 e. The molecule has 1 saturated carbocycles. The third kappa shape index (κ3) is 2.00. The normalized spacial score (nSPS) is 26.0. The average molecular weight is 269 g/mol. The van der Waals surface area contributed by atoms with Gasteiger partial charge in [-0.15, -0.1) is 0 Å². The number of hydrogen-bond acceptors (Lipinski definition) is 4. The van der Waals surface area contributed by atoms with Crippen molar-refractivity contribution in [3.8, 4) is 0 Å². The predicted octanol–water partition coefficient (Wildman–Crippen LogP) is 2.80. The molecule has 4 rings (SSSR count). The molecule has 2 atom stereocenters. The van der Waals surface area contributed by atoms with Gasteiger partial charge in [-0.05, 0) is 49.4 Å². The van der Waals surface area contributed by atoms with Gasteiger partial charge >= 0.3 is 0 Å². The molecule has 3 N–H and O–H groups in total. The van der Waals surface area contributed by atoms with E-state index in [9.17, 15) is 0 Å². The maximum atomic E-state index is 6.29. The van der Waals surface area contributed by atoms with Crippen molar-refractivity contribution >= 4 is 22.3 Å². The lowest BCUT2D eigenvalue weighted by Gasteiger charge is -2.22. The lowest BCUT2D eigenvalue weighted by Crippen LogP contribution is -2.31. The molecule has 1 aliphatic heterocycles. The number of nitrogens with zero attached hydrogens (tertiary/aromatic N) is 1. The van der Waals surface area contributed by atoms with Crippen LogP contribution < -0.4 is 11.1 Å². The summed E-state index contributed by atoms with van der Waals surface area (Å²) in [4.78, 5) is 4.34. The molecular weight excluding hydrogens is 250 g/mol. The molecule has 0 amide bonds. The van der Waals surface area contributed by atoms with E-state index in [2.05, 4.69) is 10.3 Å². The van der Waals surface area contributed by atoms with Crippen LogP contribution in [0.1, 0.15) is 19.3 Å². The van der Waals surface area contributed by atoms with Crippen molar-refractivity contribution in [2.45, 2.75) is 31.4 Å². The Kier molecular flexibility index (Phi) is 2.77. The Morgan fingerprint density at radius 1 is 1.20 bits per heavy atom. The summed E-state index contributed by atoms with van der Waals surface area (Å²) in [7, 11) is 0. The first-order chi connectivity index (χ1) is 9.83. The van der Waals surface area contributed by atoms with Crippen molar-refractivity contribution < 1.29 is 4.74 Å². The second-order valence-corrected chi connectivity index (χ2v) is 5.81. The Hall–Kier alpha value is -1.81. The molecule has 1 saturated heterocycles. The van der Waals surface area contributed by atoms with Crippen LogP contribution >= 0.6 is 0 Å². The van der Waals surface area contributed by atoms with Crippen LogP contribution in [0.5, 0.6) is 0 Å². The number of aromatic nitrogens is 1. The molecule has 0 spiro atoms. The van der Waals surface area contributed by atoms with Crippen molar-refractivity contribution in [3.05, 3.63) is 30.5 Å². The van der Waals surface area contributed by atoms with Crippen LogP contribution in [-0.2, 0) is 4.74 Å². The van der Waals surface area contributed by atoms with Crippen molar-refractivity contribution in [2.75, 3.05) is 17.7 Å². The van der Waals surface area contributed by atoms with E-state index < -0.39 is 0 Å². The highest BCUT2D eigenvalue weighted by Gasteiger charge is 2.40. The minimum atomic E-state index is 0.360. The summed E-state index contributed by atoms with van der Waals surface area (Å²) in [6.45, 7) is 0.855. The second-order valence-electron chi connectivity index (χ2n) is 5.81. The van der Waals surface area contributed by atoms with Crippen molar-refractivity contribution in [1.82, 2.24) is 4.98 Å². The van der Waals surface area contributed by atoms with Crippen LogP contribution in [-0.4, -0.2) is 23.7 Å². The quantitative estimate of drug-likeness (QED) is 0.841. The Morgan fingerprint density at radius 3 is 2.95 bits per heavy atom. The van der Waals surface area contributed by atoms with Gasteiger partial charge in [0, 0.05) is 18.2 Å². The van der Waals surface area contributed by atoms with Gasteiger partial charge in [0.2, 0.25) is 0 Å². The molecule has 2 aliphatic rings. The topological polar surface area (TPSA) is 60.2 Å². The highest BCUT2D eigenvalue weighted by atomic mass is 16.5. The smallest absolute Gasteiger partial charge is 0.0804 e. The van der Waals surface area contributed by atoms with Crippen LogP contribution in [0.2, 0.25) is 0 Å². The Morgan fingerprint density at radius 2 is 2.10 bits per heavy atom. The van der Waals surface area contributed by atoms with E-state index in [4.69, 9.17) is 10.5 Å². The van der Waals surface area contributed by atoms with E-state index >= 15 is 0 Å². The molecule has 2 unspecified atom stereocenters. The Bertz CT molecular complexity index is 639. The molecule has 4 nitrogen and oxygen atoms in total. The first-order valence-corrected chi connectivity index (χ1v) is 7.34. The van der Waals surface area contributed by atoms with Crippen molar-refractivity contribution in [3.63, 3.8) is 0 Å². The summed E-state index contributed by atoms with van der Waals surface area (Å²) in [6.07, 6.45) is 5.83. The van der Waals surface area contributed by atoms with E-state index in [0.29, 0.717) is 12.1 Å². The average Bonchev–Trinajstić information content (AvgIpc) is 3.22. The van der Waals surface area contributed by atoms with Gasteiger partial charge in [-0.2, -0.15) is 0 Å². The number of rotatable bonds is 3. The number of benzene rings is 1. The number of hydrogen-bond donors (Lipinski definition) is 2. The number of nitrogens with one attached hydrogen (secondary N) is 1. The van der Waals surface area contributed by atoms with E-state index in [0.717, 1.165) is 41.2 Å². The van der Waals surface area contributed by atoms with E-state index in [1.165, 1.54) is 12.8 Å². The van der Waals surface area contributed by atoms with Gasteiger partial charge in [-0.3, -0.25) is 4.98 Å². The number of pyridine rings is 1. The molecule has 2 heterocycles. The third-order valence-corrected chi connectivity index (χ3v) is 4.39. The summed E-state index contributed by atoms with van der Waals surface area (Å²) in [6, 6.07) is 8.39. The summed E-state index contributed by atoms with van der Waals surface area (Å²) in [5.74, 6) is 0.748. The highest BCUT2D eigenvalue weighted by Crippen LogP contribution is 2.40. The zero-order chi connectivity index (χ0) is 13.5. The molecule has 2 fully saturated rings. The summed E-state index contributed by atoms with van der Waals surface area (Å²) >= 11 is 0. The number of ether oxygens (including phenoxy) is 1. The predicted molar refractivity (Wildman–Crippen MR) is 80.6 cm³/mol. The van der Waals surface area contributed by atoms with Crippen LogP contribution in [0.25, 0.3) is 10.9 Å². The summed E-state index contributed by atoms with van der Waals surface area (Å²) < 4.78 is 5.87. The SMILES string of the molecule is Nc1c(NC2CCOC2C2CC2)ccc2ncccc12. The first-order valence-electron chi connectivity index (χ1n) is 7.34.